The van der Waals surface area contributed by atoms with E-state index in [4.69, 9.17) is 4.74 Å². The maximum absolute atomic E-state index is 10.3. The predicted molar refractivity (Wildman–Crippen MR) is 72.4 cm³/mol. The minimum Gasteiger partial charge on any atom is -0.501 e. The van der Waals surface area contributed by atoms with Crippen LogP contribution in [0.3, 0.4) is 0 Å². The number of aliphatic hydroxyl groups excluding tert-OH is 1. The molecule has 0 spiro atoms. The van der Waals surface area contributed by atoms with Crippen LogP contribution in [0.1, 0.15) is 34.3 Å². The fourth-order valence-electron chi connectivity index (χ4n) is 2.27. The third-order valence-electron chi connectivity index (χ3n) is 3.23. The zero-order valence-corrected chi connectivity index (χ0v) is 11.3. The molecule has 1 atom stereocenters. The summed E-state index contributed by atoms with van der Waals surface area (Å²) in [7, 11) is 0. The molecule has 0 bridgehead atoms. The van der Waals surface area contributed by atoms with E-state index < -0.39 is 6.10 Å². The first-order valence-corrected chi connectivity index (χ1v) is 7.99. The monoisotopic (exact) mass is 268 g/mol. The number of aryl methyl sites for hydroxylation is 1. The summed E-state index contributed by atoms with van der Waals surface area (Å²) in [6.45, 7) is 0.786. The molecule has 1 aromatic rings. The minimum absolute atomic E-state index is 0.448. The van der Waals surface area contributed by atoms with Gasteiger partial charge in [-0.2, -0.15) is 11.8 Å². The Labute approximate surface area is 110 Å². The van der Waals surface area contributed by atoms with Gasteiger partial charge in [-0.1, -0.05) is 0 Å². The lowest BCUT2D eigenvalue weighted by Crippen LogP contribution is -2.06. The van der Waals surface area contributed by atoms with Crippen molar-refractivity contribution in [1.29, 1.82) is 0 Å². The zero-order valence-electron chi connectivity index (χ0n) is 9.65. The Hall–Kier alpha value is -0.450. The van der Waals surface area contributed by atoms with Crippen molar-refractivity contribution in [3.05, 3.63) is 33.2 Å². The van der Waals surface area contributed by atoms with Gasteiger partial charge in [0.25, 0.3) is 0 Å². The molecule has 3 heterocycles. The van der Waals surface area contributed by atoms with E-state index in [0.717, 1.165) is 42.1 Å². The van der Waals surface area contributed by atoms with Gasteiger partial charge in [0.2, 0.25) is 0 Å². The lowest BCUT2D eigenvalue weighted by Gasteiger charge is -2.17. The summed E-state index contributed by atoms with van der Waals surface area (Å²) in [6.07, 6.45) is 4.44. The zero-order chi connectivity index (χ0) is 11.7. The number of hydrogen-bond acceptors (Lipinski definition) is 4. The standard InChI is InChI=1S/C13H16O2S2/c14-13(9-2-1-4-15-7-9)12-6-10-8-16-5-3-11(10)17-12/h6-7,13-14H,1-5,8H2. The molecular weight excluding hydrogens is 252 g/mol. The highest BCUT2D eigenvalue weighted by molar-refractivity contribution is 7.98. The molecule has 0 aromatic carbocycles. The molecule has 1 N–H and O–H groups in total. The molecule has 1 aromatic heterocycles. The molecule has 2 nitrogen and oxygen atoms in total. The highest BCUT2D eigenvalue weighted by Gasteiger charge is 2.21. The normalized spacial score (nSPS) is 21.4. The quantitative estimate of drug-likeness (QED) is 0.892. The summed E-state index contributed by atoms with van der Waals surface area (Å²) in [6, 6.07) is 2.19. The molecular formula is C13H16O2S2. The SMILES string of the molecule is OC(C1=COCCC1)c1cc2c(s1)CCSC2. The van der Waals surface area contributed by atoms with Crippen molar-refractivity contribution >= 4 is 23.1 Å². The maximum Gasteiger partial charge on any atom is 0.112 e. The van der Waals surface area contributed by atoms with E-state index in [1.807, 2.05) is 11.8 Å². The van der Waals surface area contributed by atoms with Gasteiger partial charge in [-0.25, -0.2) is 0 Å². The van der Waals surface area contributed by atoms with Crippen molar-refractivity contribution in [2.24, 2.45) is 0 Å². The molecule has 0 saturated carbocycles. The van der Waals surface area contributed by atoms with Gasteiger partial charge in [0.15, 0.2) is 0 Å². The van der Waals surface area contributed by atoms with Gasteiger partial charge in [0.05, 0.1) is 12.9 Å². The Balaban J connectivity index is 1.83. The first kappa shape index (κ1) is 11.6. The summed E-state index contributed by atoms with van der Waals surface area (Å²) in [5.41, 5.74) is 2.46. The molecule has 2 aliphatic rings. The van der Waals surface area contributed by atoms with Crippen LogP contribution in [0.15, 0.2) is 17.9 Å². The molecule has 92 valence electrons. The highest BCUT2D eigenvalue weighted by atomic mass is 32.2. The van der Waals surface area contributed by atoms with Crippen LogP contribution >= 0.6 is 23.1 Å². The average molecular weight is 268 g/mol. The van der Waals surface area contributed by atoms with Gasteiger partial charge in [-0.05, 0) is 42.2 Å². The molecule has 0 fully saturated rings. The van der Waals surface area contributed by atoms with Crippen LogP contribution in [-0.2, 0) is 16.9 Å². The van der Waals surface area contributed by atoms with Crippen LogP contribution in [0, 0.1) is 0 Å². The summed E-state index contributed by atoms with van der Waals surface area (Å²) < 4.78 is 5.31. The number of hydrogen-bond donors (Lipinski definition) is 1. The Morgan fingerprint density at radius 3 is 3.06 bits per heavy atom. The fourth-order valence-corrected chi connectivity index (χ4v) is 4.68. The Morgan fingerprint density at radius 1 is 1.35 bits per heavy atom. The lowest BCUT2D eigenvalue weighted by molar-refractivity contribution is 0.172. The van der Waals surface area contributed by atoms with E-state index in [-0.39, 0.29) is 0 Å². The second-order valence-corrected chi connectivity index (χ2v) is 6.74. The third-order valence-corrected chi connectivity index (χ3v) is 5.53. The molecule has 0 saturated heterocycles. The van der Waals surface area contributed by atoms with Gasteiger partial charge in [-0.15, -0.1) is 11.3 Å². The van der Waals surface area contributed by atoms with E-state index >= 15 is 0 Å². The molecule has 0 amide bonds. The van der Waals surface area contributed by atoms with Crippen LogP contribution in [0.2, 0.25) is 0 Å². The van der Waals surface area contributed by atoms with Crippen molar-refractivity contribution in [2.75, 3.05) is 12.4 Å². The van der Waals surface area contributed by atoms with E-state index in [0.29, 0.717) is 0 Å². The van der Waals surface area contributed by atoms with Gasteiger partial charge in [-0.3, -0.25) is 0 Å². The van der Waals surface area contributed by atoms with Crippen LogP contribution < -0.4 is 0 Å². The smallest absolute Gasteiger partial charge is 0.112 e. The average Bonchev–Trinajstić information content (AvgIpc) is 2.82. The van der Waals surface area contributed by atoms with Crippen LogP contribution in [0.5, 0.6) is 0 Å². The second kappa shape index (κ2) is 5.04. The van der Waals surface area contributed by atoms with E-state index in [2.05, 4.69) is 6.07 Å². The Morgan fingerprint density at radius 2 is 2.29 bits per heavy atom. The van der Waals surface area contributed by atoms with Crippen molar-refractivity contribution in [2.45, 2.75) is 31.1 Å². The summed E-state index contributed by atoms with van der Waals surface area (Å²) in [5, 5.41) is 10.3. The van der Waals surface area contributed by atoms with Crippen LogP contribution in [-0.4, -0.2) is 17.5 Å². The first-order chi connectivity index (χ1) is 8.34. The van der Waals surface area contributed by atoms with E-state index in [1.165, 1.54) is 16.2 Å². The molecule has 0 aliphatic carbocycles. The number of aliphatic hydroxyl groups is 1. The minimum atomic E-state index is -0.448. The van der Waals surface area contributed by atoms with Crippen molar-refractivity contribution in [1.82, 2.24) is 0 Å². The maximum atomic E-state index is 10.3. The number of thioether (sulfide) groups is 1. The topological polar surface area (TPSA) is 29.5 Å². The first-order valence-electron chi connectivity index (χ1n) is 6.02. The molecule has 3 rings (SSSR count). The van der Waals surface area contributed by atoms with Gasteiger partial charge in [0, 0.05) is 15.5 Å². The van der Waals surface area contributed by atoms with E-state index in [1.54, 1.807) is 17.6 Å². The molecule has 1 unspecified atom stereocenters. The van der Waals surface area contributed by atoms with Gasteiger partial charge >= 0.3 is 0 Å². The summed E-state index contributed by atoms with van der Waals surface area (Å²) in [4.78, 5) is 2.56. The molecule has 4 heteroatoms. The molecule has 17 heavy (non-hydrogen) atoms. The number of fused-ring (bicyclic) bond motifs is 1. The summed E-state index contributed by atoms with van der Waals surface area (Å²) in [5.74, 6) is 2.32. The van der Waals surface area contributed by atoms with Gasteiger partial charge in [0.1, 0.15) is 6.10 Å². The van der Waals surface area contributed by atoms with Gasteiger partial charge < -0.3 is 9.84 Å². The largest absolute Gasteiger partial charge is 0.501 e. The molecule has 0 radical (unpaired) electrons. The highest BCUT2D eigenvalue weighted by Crippen LogP contribution is 2.37. The van der Waals surface area contributed by atoms with E-state index in [9.17, 15) is 5.11 Å². The Kier molecular flexibility index (Phi) is 3.45. The Bertz CT molecular complexity index is 413. The number of rotatable bonds is 2. The van der Waals surface area contributed by atoms with Crippen molar-refractivity contribution < 1.29 is 9.84 Å². The predicted octanol–water partition coefficient (Wildman–Crippen LogP) is 3.27. The number of thiophene rings is 1. The molecule has 2 aliphatic heterocycles. The lowest BCUT2D eigenvalue weighted by atomic mass is 10.0. The third kappa shape index (κ3) is 2.39. The second-order valence-electron chi connectivity index (χ2n) is 4.47. The van der Waals surface area contributed by atoms with Crippen molar-refractivity contribution in [3.63, 3.8) is 0 Å². The number of ether oxygens (including phenoxy) is 1. The summed E-state index contributed by atoms with van der Waals surface area (Å²) >= 11 is 3.76. The van der Waals surface area contributed by atoms with Crippen LogP contribution in [0.4, 0.5) is 0 Å². The van der Waals surface area contributed by atoms with Crippen molar-refractivity contribution in [3.8, 4) is 0 Å². The fraction of sp³-hybridized carbons (Fsp3) is 0.538. The van der Waals surface area contributed by atoms with Crippen LogP contribution in [0.25, 0.3) is 0 Å².